The number of hydrogen-bond donors (Lipinski definition) is 0. The molecule has 92 valence electrons. The van der Waals surface area contributed by atoms with Crippen LogP contribution in [0, 0.1) is 0 Å². The van der Waals surface area contributed by atoms with Crippen molar-refractivity contribution in [2.75, 3.05) is 13.7 Å². The highest BCUT2D eigenvalue weighted by Gasteiger charge is 2.18. The van der Waals surface area contributed by atoms with Crippen LogP contribution in [0.25, 0.3) is 11.0 Å². The molecule has 17 heavy (non-hydrogen) atoms. The van der Waals surface area contributed by atoms with Crippen LogP contribution < -0.4 is 0 Å². The Kier molecular flexibility index (Phi) is 3.69. The Labute approximate surface area is 106 Å². The molecule has 0 fully saturated rings. The highest BCUT2D eigenvalue weighted by molar-refractivity contribution is 6.20. The van der Waals surface area contributed by atoms with Gasteiger partial charge in [-0.05, 0) is 26.0 Å². The third-order valence-corrected chi connectivity index (χ3v) is 3.02. The van der Waals surface area contributed by atoms with Gasteiger partial charge >= 0.3 is 0 Å². The van der Waals surface area contributed by atoms with E-state index in [2.05, 4.69) is 22.5 Å². The number of methoxy groups -OCH3 is 1. The van der Waals surface area contributed by atoms with Gasteiger partial charge in [0.05, 0.1) is 29.1 Å². The van der Waals surface area contributed by atoms with Gasteiger partial charge in [0, 0.05) is 7.11 Å². The van der Waals surface area contributed by atoms with Gasteiger partial charge in [0.25, 0.3) is 0 Å². The summed E-state index contributed by atoms with van der Waals surface area (Å²) in [6, 6.07) is 8.31. The number of benzene rings is 1. The van der Waals surface area contributed by atoms with E-state index >= 15 is 0 Å². The summed E-state index contributed by atoms with van der Waals surface area (Å²) in [5, 5.41) is -0.110. The van der Waals surface area contributed by atoms with Gasteiger partial charge in [0.1, 0.15) is 5.82 Å². The summed E-state index contributed by atoms with van der Waals surface area (Å²) in [7, 11) is 1.71. The minimum atomic E-state index is -0.110. The Hall–Kier alpha value is -1.06. The minimum Gasteiger partial charge on any atom is -0.383 e. The van der Waals surface area contributed by atoms with Gasteiger partial charge in [0.2, 0.25) is 0 Å². The molecule has 1 heterocycles. The number of nitrogens with zero attached hydrogens (tertiary/aromatic N) is 2. The van der Waals surface area contributed by atoms with Crippen molar-refractivity contribution in [3.8, 4) is 0 Å². The molecule has 0 N–H and O–H groups in total. The van der Waals surface area contributed by atoms with Crippen LogP contribution in [0.4, 0.5) is 0 Å². The predicted octanol–water partition coefficient (Wildman–Crippen LogP) is 3.54. The molecule has 0 radical (unpaired) electrons. The van der Waals surface area contributed by atoms with Gasteiger partial charge < -0.3 is 9.30 Å². The monoisotopic (exact) mass is 252 g/mol. The molecule has 2 aromatic rings. The average Bonchev–Trinajstić information content (AvgIpc) is 2.68. The molecule has 1 aromatic heterocycles. The molecule has 4 heteroatoms. The van der Waals surface area contributed by atoms with Crippen molar-refractivity contribution in [3.63, 3.8) is 0 Å². The Morgan fingerprint density at radius 3 is 2.71 bits per heavy atom. The lowest BCUT2D eigenvalue weighted by Gasteiger charge is -2.17. The SMILES string of the molecule is COCC(C)n1c(C(C)Cl)nc2ccccc21. The van der Waals surface area contributed by atoms with Gasteiger partial charge in [-0.1, -0.05) is 12.1 Å². The van der Waals surface area contributed by atoms with Gasteiger partial charge in [0.15, 0.2) is 0 Å². The van der Waals surface area contributed by atoms with Crippen LogP contribution in [-0.4, -0.2) is 23.3 Å². The summed E-state index contributed by atoms with van der Waals surface area (Å²) in [6.45, 7) is 4.70. The van der Waals surface area contributed by atoms with Crippen molar-refractivity contribution in [1.82, 2.24) is 9.55 Å². The number of halogens is 1. The van der Waals surface area contributed by atoms with E-state index in [1.165, 1.54) is 0 Å². The molecule has 1 aromatic carbocycles. The Bertz CT molecular complexity index is 507. The maximum absolute atomic E-state index is 6.20. The van der Waals surface area contributed by atoms with Gasteiger partial charge in [-0.15, -0.1) is 11.6 Å². The van der Waals surface area contributed by atoms with Crippen LogP contribution in [0.5, 0.6) is 0 Å². The number of para-hydroxylation sites is 2. The van der Waals surface area contributed by atoms with Crippen LogP contribution in [0.1, 0.15) is 31.1 Å². The van der Waals surface area contributed by atoms with E-state index in [-0.39, 0.29) is 11.4 Å². The smallest absolute Gasteiger partial charge is 0.128 e. The molecule has 0 spiro atoms. The first kappa shape index (κ1) is 12.4. The van der Waals surface area contributed by atoms with Crippen LogP contribution in [0.2, 0.25) is 0 Å². The summed E-state index contributed by atoms with van der Waals surface area (Å²) >= 11 is 6.20. The van der Waals surface area contributed by atoms with E-state index < -0.39 is 0 Å². The Morgan fingerprint density at radius 2 is 2.06 bits per heavy atom. The molecule has 0 amide bonds. The molecule has 0 aliphatic rings. The Balaban J connectivity index is 2.59. The summed E-state index contributed by atoms with van der Waals surface area (Å²) in [6.07, 6.45) is 0. The zero-order chi connectivity index (χ0) is 12.4. The molecule has 0 aliphatic carbocycles. The summed E-state index contributed by atoms with van der Waals surface area (Å²) in [4.78, 5) is 4.59. The molecule has 2 rings (SSSR count). The maximum Gasteiger partial charge on any atom is 0.128 e. The fourth-order valence-electron chi connectivity index (χ4n) is 2.12. The van der Waals surface area contributed by atoms with Crippen LogP contribution in [0.15, 0.2) is 24.3 Å². The standard InChI is InChI=1S/C13H17ClN2O/c1-9(8-17-3)16-12-7-5-4-6-11(12)15-13(16)10(2)14/h4-7,9-10H,8H2,1-3H3. The number of hydrogen-bond acceptors (Lipinski definition) is 2. The second-order valence-electron chi connectivity index (χ2n) is 4.25. The second-order valence-corrected chi connectivity index (χ2v) is 4.90. The number of fused-ring (bicyclic) bond motifs is 1. The number of alkyl halides is 1. The van der Waals surface area contributed by atoms with Crippen molar-refractivity contribution in [1.29, 1.82) is 0 Å². The average molecular weight is 253 g/mol. The van der Waals surface area contributed by atoms with E-state index in [4.69, 9.17) is 16.3 Å². The first-order valence-corrected chi connectivity index (χ1v) is 6.18. The third-order valence-electron chi connectivity index (χ3n) is 2.83. The molecule has 3 nitrogen and oxygen atoms in total. The lowest BCUT2D eigenvalue weighted by atomic mass is 10.2. The molecular weight excluding hydrogens is 236 g/mol. The largest absolute Gasteiger partial charge is 0.383 e. The van der Waals surface area contributed by atoms with E-state index in [1.807, 2.05) is 25.1 Å². The highest BCUT2D eigenvalue weighted by Crippen LogP contribution is 2.27. The van der Waals surface area contributed by atoms with Crippen molar-refractivity contribution in [2.45, 2.75) is 25.3 Å². The van der Waals surface area contributed by atoms with Crippen molar-refractivity contribution in [3.05, 3.63) is 30.1 Å². The van der Waals surface area contributed by atoms with Crippen LogP contribution in [-0.2, 0) is 4.74 Å². The lowest BCUT2D eigenvalue weighted by Crippen LogP contribution is -2.14. The summed E-state index contributed by atoms with van der Waals surface area (Å²) in [5.74, 6) is 0.900. The Morgan fingerprint density at radius 1 is 1.35 bits per heavy atom. The summed E-state index contributed by atoms with van der Waals surface area (Å²) < 4.78 is 7.38. The number of aromatic nitrogens is 2. The molecule has 2 atom stereocenters. The highest BCUT2D eigenvalue weighted by atomic mass is 35.5. The molecular formula is C13H17ClN2O. The van der Waals surface area contributed by atoms with Crippen molar-refractivity contribution >= 4 is 22.6 Å². The predicted molar refractivity (Wildman–Crippen MR) is 70.6 cm³/mol. The normalized spacial score (nSPS) is 15.1. The molecule has 0 bridgehead atoms. The third kappa shape index (κ3) is 2.31. The minimum absolute atomic E-state index is 0.110. The van der Waals surface area contributed by atoms with E-state index in [1.54, 1.807) is 7.11 Å². The van der Waals surface area contributed by atoms with Crippen LogP contribution in [0.3, 0.4) is 0 Å². The molecule has 0 saturated carbocycles. The molecule has 0 aliphatic heterocycles. The maximum atomic E-state index is 6.20. The first-order valence-electron chi connectivity index (χ1n) is 5.75. The van der Waals surface area contributed by atoms with E-state index in [9.17, 15) is 0 Å². The molecule has 2 unspecified atom stereocenters. The second kappa shape index (κ2) is 5.07. The number of ether oxygens (including phenoxy) is 1. The fraction of sp³-hybridized carbons (Fsp3) is 0.462. The van der Waals surface area contributed by atoms with Gasteiger partial charge in [-0.3, -0.25) is 0 Å². The summed E-state index contributed by atoms with van der Waals surface area (Å²) in [5.41, 5.74) is 2.09. The number of imidazole rings is 1. The van der Waals surface area contributed by atoms with Crippen molar-refractivity contribution in [2.24, 2.45) is 0 Å². The van der Waals surface area contributed by atoms with E-state index in [0.717, 1.165) is 16.9 Å². The topological polar surface area (TPSA) is 27.1 Å². The van der Waals surface area contributed by atoms with Gasteiger partial charge in [-0.25, -0.2) is 4.98 Å². The lowest BCUT2D eigenvalue weighted by molar-refractivity contribution is 0.162. The van der Waals surface area contributed by atoms with E-state index in [0.29, 0.717) is 6.61 Å². The van der Waals surface area contributed by atoms with Crippen LogP contribution >= 0.6 is 11.6 Å². The fourth-order valence-corrected chi connectivity index (χ4v) is 2.28. The van der Waals surface area contributed by atoms with Crippen molar-refractivity contribution < 1.29 is 4.74 Å². The zero-order valence-electron chi connectivity index (χ0n) is 10.4. The quantitative estimate of drug-likeness (QED) is 0.779. The first-order chi connectivity index (χ1) is 8.15. The van der Waals surface area contributed by atoms with Gasteiger partial charge in [-0.2, -0.15) is 0 Å². The molecule has 0 saturated heterocycles. The number of rotatable bonds is 4. The zero-order valence-corrected chi connectivity index (χ0v) is 11.1.